The lowest BCUT2D eigenvalue weighted by Crippen LogP contribution is -2.29. The van der Waals surface area contributed by atoms with Gasteiger partial charge in [-0.2, -0.15) is 0 Å². The van der Waals surface area contributed by atoms with Gasteiger partial charge >= 0.3 is 0 Å². The third-order valence-corrected chi connectivity index (χ3v) is 6.22. The SMILES string of the molecule is CN1CC[C@H](c2c(O)cc(O)c3c(=O)cc(-c4cccc(Br)c4)oc23)[C@H]1CCO.Cl. The molecular formula is C22H23BrClNO5. The van der Waals surface area contributed by atoms with Crippen molar-refractivity contribution in [2.75, 3.05) is 20.2 Å². The third kappa shape index (κ3) is 3.95. The van der Waals surface area contributed by atoms with Crippen LogP contribution in [0.15, 0.2) is 50.1 Å². The molecule has 2 heterocycles. The van der Waals surface area contributed by atoms with Crippen LogP contribution in [0.5, 0.6) is 11.5 Å². The van der Waals surface area contributed by atoms with Gasteiger partial charge in [-0.3, -0.25) is 4.79 Å². The maximum Gasteiger partial charge on any atom is 0.197 e. The van der Waals surface area contributed by atoms with Crippen molar-refractivity contribution in [3.8, 4) is 22.8 Å². The van der Waals surface area contributed by atoms with Crippen LogP contribution >= 0.6 is 28.3 Å². The van der Waals surface area contributed by atoms with Crippen molar-refractivity contribution in [3.63, 3.8) is 0 Å². The minimum absolute atomic E-state index is 0. The predicted octanol–water partition coefficient (Wildman–Crippen LogP) is 4.23. The van der Waals surface area contributed by atoms with E-state index in [1.54, 1.807) is 0 Å². The quantitative estimate of drug-likeness (QED) is 0.501. The van der Waals surface area contributed by atoms with E-state index in [2.05, 4.69) is 20.8 Å². The molecule has 0 amide bonds. The molecule has 2 atom stereocenters. The number of hydrogen-bond donors (Lipinski definition) is 3. The van der Waals surface area contributed by atoms with Crippen LogP contribution in [-0.4, -0.2) is 46.5 Å². The fourth-order valence-corrected chi connectivity index (χ4v) is 4.76. The third-order valence-electron chi connectivity index (χ3n) is 5.73. The summed E-state index contributed by atoms with van der Waals surface area (Å²) in [4.78, 5) is 15.0. The lowest BCUT2D eigenvalue weighted by molar-refractivity contribution is 0.211. The van der Waals surface area contributed by atoms with Gasteiger partial charge in [-0.1, -0.05) is 28.1 Å². The number of rotatable bonds is 4. The number of phenols is 2. The summed E-state index contributed by atoms with van der Waals surface area (Å²) >= 11 is 3.42. The molecule has 0 radical (unpaired) electrons. The average Bonchev–Trinajstić information content (AvgIpc) is 3.02. The molecule has 1 saturated heterocycles. The second-order valence-electron chi connectivity index (χ2n) is 7.47. The fraction of sp³-hybridized carbons (Fsp3) is 0.318. The molecule has 1 fully saturated rings. The van der Waals surface area contributed by atoms with Crippen molar-refractivity contribution in [2.24, 2.45) is 0 Å². The molecule has 1 aliphatic heterocycles. The molecule has 2 aromatic carbocycles. The van der Waals surface area contributed by atoms with E-state index in [-0.39, 0.29) is 58.9 Å². The lowest BCUT2D eigenvalue weighted by Gasteiger charge is -2.25. The van der Waals surface area contributed by atoms with Crippen molar-refractivity contribution in [1.82, 2.24) is 4.90 Å². The first-order chi connectivity index (χ1) is 13.9. The zero-order chi connectivity index (χ0) is 20.7. The second kappa shape index (κ2) is 8.98. The topological polar surface area (TPSA) is 94.1 Å². The first kappa shape index (κ1) is 22.6. The Kier molecular flexibility index (Phi) is 6.77. The summed E-state index contributed by atoms with van der Waals surface area (Å²) < 4.78 is 6.97. The molecule has 0 aliphatic carbocycles. The lowest BCUT2D eigenvalue weighted by atomic mass is 9.87. The number of aliphatic hydroxyl groups excluding tert-OH is 1. The zero-order valence-corrected chi connectivity index (χ0v) is 18.7. The summed E-state index contributed by atoms with van der Waals surface area (Å²) in [6.07, 6.45) is 1.29. The van der Waals surface area contributed by atoms with Crippen LogP contribution in [-0.2, 0) is 0 Å². The molecular weight excluding hydrogens is 474 g/mol. The van der Waals surface area contributed by atoms with Crippen molar-refractivity contribution in [1.29, 1.82) is 0 Å². The Balaban J connectivity index is 0.00000256. The minimum Gasteiger partial charge on any atom is -0.507 e. The Morgan fingerprint density at radius 1 is 1.20 bits per heavy atom. The number of aromatic hydroxyl groups is 2. The predicted molar refractivity (Wildman–Crippen MR) is 122 cm³/mol. The number of likely N-dealkylation sites (N-methyl/N-ethyl adjacent to an activating group) is 1. The summed E-state index contributed by atoms with van der Waals surface area (Å²) in [7, 11) is 1.98. The highest BCUT2D eigenvalue weighted by Gasteiger charge is 2.36. The molecule has 1 aliphatic rings. The largest absolute Gasteiger partial charge is 0.507 e. The average molecular weight is 497 g/mol. The Morgan fingerprint density at radius 3 is 2.67 bits per heavy atom. The maximum absolute atomic E-state index is 12.9. The van der Waals surface area contributed by atoms with Gasteiger partial charge in [0.2, 0.25) is 0 Å². The van der Waals surface area contributed by atoms with E-state index in [0.717, 1.165) is 17.4 Å². The highest BCUT2D eigenvalue weighted by atomic mass is 79.9. The van der Waals surface area contributed by atoms with Crippen molar-refractivity contribution in [2.45, 2.75) is 24.8 Å². The van der Waals surface area contributed by atoms with Crippen LogP contribution in [0.1, 0.15) is 24.3 Å². The number of fused-ring (bicyclic) bond motifs is 1. The van der Waals surface area contributed by atoms with Crippen LogP contribution in [0.2, 0.25) is 0 Å². The fourth-order valence-electron chi connectivity index (χ4n) is 4.36. The van der Waals surface area contributed by atoms with Gasteiger partial charge in [-0.05, 0) is 38.6 Å². The van der Waals surface area contributed by atoms with Crippen LogP contribution in [0.25, 0.3) is 22.3 Å². The molecule has 3 N–H and O–H groups in total. The molecule has 0 spiro atoms. The Hall–Kier alpha value is -2.06. The molecule has 0 bridgehead atoms. The summed E-state index contributed by atoms with van der Waals surface area (Å²) in [6, 6.07) is 9.95. The van der Waals surface area contributed by atoms with Crippen LogP contribution < -0.4 is 5.43 Å². The first-order valence-corrected chi connectivity index (χ1v) is 10.3. The molecule has 0 unspecified atom stereocenters. The molecule has 3 aromatic rings. The number of nitrogens with zero attached hydrogens (tertiary/aromatic N) is 1. The highest BCUT2D eigenvalue weighted by Crippen LogP contribution is 2.45. The number of hydrogen-bond acceptors (Lipinski definition) is 6. The van der Waals surface area contributed by atoms with Gasteiger partial charge in [0, 0.05) is 46.3 Å². The smallest absolute Gasteiger partial charge is 0.197 e. The van der Waals surface area contributed by atoms with Gasteiger partial charge in [0.15, 0.2) is 5.43 Å². The molecule has 30 heavy (non-hydrogen) atoms. The molecule has 0 saturated carbocycles. The van der Waals surface area contributed by atoms with E-state index in [4.69, 9.17) is 4.42 Å². The van der Waals surface area contributed by atoms with E-state index in [9.17, 15) is 20.1 Å². The van der Waals surface area contributed by atoms with E-state index in [0.29, 0.717) is 23.3 Å². The van der Waals surface area contributed by atoms with Crippen molar-refractivity contribution < 1.29 is 19.7 Å². The van der Waals surface area contributed by atoms with E-state index in [1.807, 2.05) is 31.3 Å². The summed E-state index contributed by atoms with van der Waals surface area (Å²) in [5.41, 5.74) is 1.05. The standard InChI is InChI=1S/C22H22BrNO5.ClH/c1-24-7-5-14(15(24)6-8-25)20-16(26)10-17(27)21-18(28)11-19(29-22(20)21)12-3-2-4-13(23)9-12;/h2-4,9-11,14-15,25-27H,5-8H2,1H3;1H/t14-,15+;/m0./s1. The van der Waals surface area contributed by atoms with E-state index < -0.39 is 0 Å². The first-order valence-electron chi connectivity index (χ1n) is 9.50. The van der Waals surface area contributed by atoms with Gasteiger partial charge in [-0.15, -0.1) is 12.4 Å². The number of aliphatic hydroxyl groups is 1. The number of halogens is 2. The number of benzene rings is 2. The molecule has 8 heteroatoms. The number of phenolic OH excluding ortho intramolecular Hbond substituents is 2. The molecule has 6 nitrogen and oxygen atoms in total. The van der Waals surface area contributed by atoms with Crippen LogP contribution in [0, 0.1) is 0 Å². The second-order valence-corrected chi connectivity index (χ2v) is 8.39. The summed E-state index contributed by atoms with van der Waals surface area (Å²) in [6.45, 7) is 0.822. The van der Waals surface area contributed by atoms with Gasteiger partial charge < -0.3 is 24.6 Å². The highest BCUT2D eigenvalue weighted by molar-refractivity contribution is 9.10. The Bertz CT molecular complexity index is 1130. The van der Waals surface area contributed by atoms with E-state index >= 15 is 0 Å². The van der Waals surface area contributed by atoms with Crippen LogP contribution in [0.4, 0.5) is 0 Å². The van der Waals surface area contributed by atoms with Crippen LogP contribution in [0.3, 0.4) is 0 Å². The van der Waals surface area contributed by atoms with Gasteiger partial charge in [0.25, 0.3) is 0 Å². The zero-order valence-electron chi connectivity index (χ0n) is 16.3. The van der Waals surface area contributed by atoms with Gasteiger partial charge in [0.05, 0.1) is 0 Å². The molecule has 1 aromatic heterocycles. The van der Waals surface area contributed by atoms with E-state index in [1.165, 1.54) is 12.1 Å². The minimum atomic E-state index is -0.370. The Morgan fingerprint density at radius 2 is 1.97 bits per heavy atom. The summed E-state index contributed by atoms with van der Waals surface area (Å²) in [5.74, 6) is -0.176. The van der Waals surface area contributed by atoms with Crippen molar-refractivity contribution in [3.05, 3.63) is 56.7 Å². The molecule has 4 rings (SSSR count). The monoisotopic (exact) mass is 495 g/mol. The summed E-state index contributed by atoms with van der Waals surface area (Å²) in [5, 5.41) is 30.6. The van der Waals surface area contributed by atoms with Gasteiger partial charge in [-0.25, -0.2) is 0 Å². The van der Waals surface area contributed by atoms with Crippen molar-refractivity contribution >= 4 is 39.3 Å². The number of likely N-dealkylation sites (tertiary alicyclic amines) is 1. The Labute approximate surface area is 188 Å². The molecule has 160 valence electrons. The van der Waals surface area contributed by atoms with Gasteiger partial charge in [0.1, 0.15) is 28.2 Å². The maximum atomic E-state index is 12.9. The normalized spacial score (nSPS) is 19.2.